The molecule has 4 nitrogen and oxygen atoms in total. The third kappa shape index (κ3) is 2.83. The van der Waals surface area contributed by atoms with E-state index in [1.807, 2.05) is 35.8 Å². The van der Waals surface area contributed by atoms with Crippen LogP contribution < -0.4 is 4.90 Å². The fourth-order valence-electron chi connectivity index (χ4n) is 3.32. The number of nitrogens with zero attached hydrogens (tertiary/aromatic N) is 3. The average Bonchev–Trinajstić information content (AvgIpc) is 2.98. The van der Waals surface area contributed by atoms with Crippen LogP contribution in [0.25, 0.3) is 5.69 Å². The number of aromatic nitrogens is 2. The summed E-state index contributed by atoms with van der Waals surface area (Å²) in [5.74, 6) is 0.713. The summed E-state index contributed by atoms with van der Waals surface area (Å²) in [5.41, 5.74) is 5.10. The van der Waals surface area contributed by atoms with E-state index >= 15 is 0 Å². The second-order valence-corrected chi connectivity index (χ2v) is 6.67. The molecule has 0 N–H and O–H groups in total. The molecule has 0 spiro atoms. The van der Waals surface area contributed by atoms with Gasteiger partial charge in [-0.15, -0.1) is 0 Å². The smallest absolute Gasteiger partial charge is 0.212 e. The Hall–Kier alpha value is -2.59. The minimum atomic E-state index is 0.240. The highest BCUT2D eigenvalue weighted by Gasteiger charge is 2.24. The fraction of sp³-hybridized carbons (Fsp3) is 0.200. The first-order chi connectivity index (χ1) is 12.2. The van der Waals surface area contributed by atoms with Crippen LogP contribution in [-0.2, 0) is 13.0 Å². The summed E-state index contributed by atoms with van der Waals surface area (Å²) in [6.45, 7) is 3.63. The van der Waals surface area contributed by atoms with Gasteiger partial charge in [0, 0.05) is 18.8 Å². The van der Waals surface area contributed by atoms with E-state index in [1.165, 1.54) is 11.1 Å². The van der Waals surface area contributed by atoms with Gasteiger partial charge in [0.1, 0.15) is 5.69 Å². The van der Waals surface area contributed by atoms with E-state index in [0.29, 0.717) is 11.6 Å². The van der Waals surface area contributed by atoms with Gasteiger partial charge in [0.25, 0.3) is 0 Å². The van der Waals surface area contributed by atoms with Crippen molar-refractivity contribution in [2.75, 3.05) is 11.4 Å². The van der Waals surface area contributed by atoms with Crippen molar-refractivity contribution in [1.82, 2.24) is 9.55 Å². The molecular weight excluding hydrogens is 334 g/mol. The molecule has 2 aromatic carbocycles. The number of halogens is 1. The third-order valence-electron chi connectivity index (χ3n) is 4.67. The Morgan fingerprint density at radius 3 is 2.52 bits per heavy atom. The molecule has 1 aliphatic rings. The first-order valence-corrected chi connectivity index (χ1v) is 8.67. The first-order valence-electron chi connectivity index (χ1n) is 8.29. The maximum absolute atomic E-state index is 11.6. The largest absolute Gasteiger partial charge is 0.337 e. The molecule has 0 saturated carbocycles. The number of hydrogen-bond acceptors (Lipinski definition) is 3. The highest BCUT2D eigenvalue weighted by Crippen LogP contribution is 2.30. The predicted molar refractivity (Wildman–Crippen MR) is 99.9 cm³/mol. The van der Waals surface area contributed by atoms with Crippen LogP contribution in [0.3, 0.4) is 0 Å². The number of aldehydes is 1. The van der Waals surface area contributed by atoms with E-state index in [0.717, 1.165) is 37.0 Å². The average molecular weight is 352 g/mol. The van der Waals surface area contributed by atoms with Crippen molar-refractivity contribution in [1.29, 1.82) is 0 Å². The number of imidazole rings is 1. The lowest BCUT2D eigenvalue weighted by Crippen LogP contribution is -2.32. The van der Waals surface area contributed by atoms with Crippen molar-refractivity contribution < 1.29 is 4.79 Å². The van der Waals surface area contributed by atoms with Gasteiger partial charge in [0.05, 0.1) is 0 Å². The van der Waals surface area contributed by atoms with Gasteiger partial charge in [-0.3, -0.25) is 9.36 Å². The molecule has 2 heterocycles. The SMILES string of the molecule is Cc1ccc(-n2c(N3CCc4ccccc4C3)nc(Cl)c2C=O)cc1. The van der Waals surface area contributed by atoms with Crippen LogP contribution in [0.5, 0.6) is 0 Å². The number of aryl methyl sites for hydroxylation is 1. The van der Waals surface area contributed by atoms with Gasteiger partial charge in [-0.25, -0.2) is 0 Å². The van der Waals surface area contributed by atoms with Crippen LogP contribution in [0, 0.1) is 6.92 Å². The molecule has 4 rings (SSSR count). The molecular formula is C20H18ClN3O. The van der Waals surface area contributed by atoms with Crippen LogP contribution in [0.15, 0.2) is 48.5 Å². The molecule has 1 aromatic heterocycles. The zero-order valence-corrected chi connectivity index (χ0v) is 14.7. The molecule has 0 unspecified atom stereocenters. The number of carbonyl (C=O) groups is 1. The summed E-state index contributed by atoms with van der Waals surface area (Å²) >= 11 is 6.26. The van der Waals surface area contributed by atoms with Crippen LogP contribution >= 0.6 is 11.6 Å². The topological polar surface area (TPSA) is 38.1 Å². The molecule has 0 aliphatic carbocycles. The van der Waals surface area contributed by atoms with Gasteiger partial charge >= 0.3 is 0 Å². The van der Waals surface area contributed by atoms with Crippen LogP contribution in [-0.4, -0.2) is 22.4 Å². The quantitative estimate of drug-likeness (QED) is 0.663. The summed E-state index contributed by atoms with van der Waals surface area (Å²) in [6, 6.07) is 16.5. The Labute approximate surface area is 151 Å². The number of anilines is 1. The van der Waals surface area contributed by atoms with Gasteiger partial charge in [-0.2, -0.15) is 4.98 Å². The van der Waals surface area contributed by atoms with E-state index in [4.69, 9.17) is 11.6 Å². The first kappa shape index (κ1) is 15.9. The Bertz CT molecular complexity index is 931. The molecule has 25 heavy (non-hydrogen) atoms. The number of fused-ring (bicyclic) bond motifs is 1. The molecule has 3 aromatic rings. The third-order valence-corrected chi connectivity index (χ3v) is 4.95. The lowest BCUT2D eigenvalue weighted by atomic mass is 10.0. The van der Waals surface area contributed by atoms with Crippen molar-refractivity contribution in [3.8, 4) is 5.69 Å². The van der Waals surface area contributed by atoms with Crippen molar-refractivity contribution in [3.63, 3.8) is 0 Å². The number of benzene rings is 2. The van der Waals surface area contributed by atoms with Gasteiger partial charge in [0.2, 0.25) is 5.95 Å². The zero-order valence-electron chi connectivity index (χ0n) is 13.9. The lowest BCUT2D eigenvalue weighted by Gasteiger charge is -2.30. The minimum Gasteiger partial charge on any atom is -0.337 e. The Morgan fingerprint density at radius 1 is 1.08 bits per heavy atom. The normalized spacial score (nSPS) is 13.6. The monoisotopic (exact) mass is 351 g/mol. The maximum Gasteiger partial charge on any atom is 0.212 e. The summed E-state index contributed by atoms with van der Waals surface area (Å²) in [5, 5.41) is 0.240. The zero-order chi connectivity index (χ0) is 17.4. The fourth-order valence-corrected chi connectivity index (χ4v) is 3.53. The maximum atomic E-state index is 11.6. The molecule has 0 amide bonds. The molecule has 126 valence electrons. The van der Waals surface area contributed by atoms with Gasteiger partial charge in [-0.05, 0) is 36.6 Å². The molecule has 5 heteroatoms. The Balaban J connectivity index is 1.80. The molecule has 0 atom stereocenters. The van der Waals surface area contributed by atoms with E-state index in [2.05, 4.69) is 34.1 Å². The predicted octanol–water partition coefficient (Wildman–Crippen LogP) is 4.21. The van der Waals surface area contributed by atoms with Crippen LogP contribution in [0.4, 0.5) is 5.95 Å². The van der Waals surface area contributed by atoms with E-state index in [-0.39, 0.29) is 5.15 Å². The summed E-state index contributed by atoms with van der Waals surface area (Å²) in [6.07, 6.45) is 1.72. The van der Waals surface area contributed by atoms with Crippen LogP contribution in [0.1, 0.15) is 27.2 Å². The van der Waals surface area contributed by atoms with Crippen molar-refractivity contribution in [2.45, 2.75) is 19.9 Å². The van der Waals surface area contributed by atoms with E-state index in [1.54, 1.807) is 0 Å². The number of rotatable bonds is 3. The molecule has 0 fully saturated rings. The Morgan fingerprint density at radius 2 is 1.80 bits per heavy atom. The highest BCUT2D eigenvalue weighted by atomic mass is 35.5. The standard InChI is InChI=1S/C20H18ClN3O/c1-14-6-8-17(9-7-14)24-18(13-25)19(21)22-20(24)23-11-10-15-4-2-3-5-16(15)12-23/h2-9,13H,10-12H2,1H3. The summed E-state index contributed by atoms with van der Waals surface area (Å²) in [7, 11) is 0. The number of hydrogen-bond donors (Lipinski definition) is 0. The van der Waals surface area contributed by atoms with E-state index in [9.17, 15) is 4.79 Å². The number of carbonyl (C=O) groups excluding carboxylic acids is 1. The lowest BCUT2D eigenvalue weighted by molar-refractivity contribution is 0.111. The molecule has 1 aliphatic heterocycles. The van der Waals surface area contributed by atoms with Crippen molar-refractivity contribution in [3.05, 3.63) is 76.1 Å². The highest BCUT2D eigenvalue weighted by molar-refractivity contribution is 6.31. The van der Waals surface area contributed by atoms with Gasteiger partial charge in [0.15, 0.2) is 11.4 Å². The van der Waals surface area contributed by atoms with Gasteiger partial charge < -0.3 is 4.90 Å². The van der Waals surface area contributed by atoms with Crippen LogP contribution in [0.2, 0.25) is 5.15 Å². The minimum absolute atomic E-state index is 0.240. The summed E-state index contributed by atoms with van der Waals surface area (Å²) in [4.78, 5) is 18.3. The molecule has 0 bridgehead atoms. The second-order valence-electron chi connectivity index (χ2n) is 6.32. The van der Waals surface area contributed by atoms with Crippen molar-refractivity contribution in [2.24, 2.45) is 0 Å². The molecule has 0 saturated heterocycles. The molecule has 0 radical (unpaired) electrons. The Kier molecular flexibility index (Phi) is 4.06. The second kappa shape index (κ2) is 6.37. The van der Waals surface area contributed by atoms with Gasteiger partial charge in [-0.1, -0.05) is 53.6 Å². The van der Waals surface area contributed by atoms with E-state index < -0.39 is 0 Å². The van der Waals surface area contributed by atoms with Crippen molar-refractivity contribution >= 4 is 23.8 Å². The summed E-state index contributed by atoms with van der Waals surface area (Å²) < 4.78 is 1.85.